The lowest BCUT2D eigenvalue weighted by molar-refractivity contribution is -0.137. The highest BCUT2D eigenvalue weighted by Gasteiger charge is 2.00. The minimum absolute atomic E-state index is 0.345. The Hall–Kier alpha value is -1.32. The van der Waals surface area contributed by atoms with Crippen molar-refractivity contribution in [1.29, 1.82) is 0 Å². The number of hydrogen-bond donors (Lipinski definition) is 1. The van der Waals surface area contributed by atoms with Gasteiger partial charge in [-0.25, -0.2) is 4.79 Å². The van der Waals surface area contributed by atoms with Gasteiger partial charge in [0.15, 0.2) is 0 Å². The average molecular weight is 171 g/mol. The lowest BCUT2D eigenvalue weighted by Crippen LogP contribution is -2.03. The Balaban J connectivity index is 4.26. The summed E-state index contributed by atoms with van der Waals surface area (Å²) in [6.07, 6.45) is 1.29. The Bertz CT molecular complexity index is 218. The highest BCUT2D eigenvalue weighted by molar-refractivity contribution is 6.01. The quantitative estimate of drug-likeness (QED) is 0.229. The molecule has 0 aromatic carbocycles. The number of carbonyl (C=O) groups excluding carboxylic acids is 1. The second-order valence-corrected chi connectivity index (χ2v) is 2.26. The number of allylic oxidation sites excluding steroid dienone is 1. The van der Waals surface area contributed by atoms with Crippen LogP contribution in [0.2, 0.25) is 0 Å². The minimum atomic E-state index is -0.419. The molecule has 0 fully saturated rings. The molecule has 0 aromatic rings. The maximum Gasteiger partial charge on any atom is 0.331 e. The normalized spacial score (nSPS) is 12.9. The van der Waals surface area contributed by atoms with Crippen molar-refractivity contribution in [2.24, 2.45) is 5.16 Å². The summed E-state index contributed by atoms with van der Waals surface area (Å²) in [6.45, 7) is 5.35. The van der Waals surface area contributed by atoms with Gasteiger partial charge in [0.2, 0.25) is 0 Å². The summed E-state index contributed by atoms with van der Waals surface area (Å²) < 4.78 is 4.66. The molecule has 0 aromatic heterocycles. The molecule has 0 spiro atoms. The van der Waals surface area contributed by atoms with Crippen molar-refractivity contribution in [3.63, 3.8) is 0 Å². The summed E-state index contributed by atoms with van der Waals surface area (Å²) in [7, 11) is 0. The van der Waals surface area contributed by atoms with Gasteiger partial charge in [-0.3, -0.25) is 0 Å². The number of ether oxygens (including phenoxy) is 1. The lowest BCUT2D eigenvalue weighted by Gasteiger charge is -1.98. The van der Waals surface area contributed by atoms with Crippen LogP contribution in [0, 0.1) is 0 Å². The zero-order valence-electron chi connectivity index (χ0n) is 7.50. The number of esters is 1. The van der Waals surface area contributed by atoms with Gasteiger partial charge in [0, 0.05) is 6.08 Å². The van der Waals surface area contributed by atoms with Crippen LogP contribution in [0.15, 0.2) is 16.8 Å². The number of oxime groups is 1. The first-order chi connectivity index (χ1) is 5.61. The predicted octanol–water partition coefficient (Wildman–Crippen LogP) is 1.35. The molecule has 0 atom stereocenters. The van der Waals surface area contributed by atoms with Crippen LogP contribution < -0.4 is 0 Å². The van der Waals surface area contributed by atoms with E-state index in [1.165, 1.54) is 6.08 Å². The molecule has 0 heterocycles. The molecule has 0 unspecified atom stereocenters. The molecule has 4 heteroatoms. The van der Waals surface area contributed by atoms with E-state index < -0.39 is 5.97 Å². The van der Waals surface area contributed by atoms with Gasteiger partial charge in [-0.15, -0.1) is 0 Å². The fourth-order valence-electron chi connectivity index (χ4n) is 0.544. The van der Waals surface area contributed by atoms with Crippen molar-refractivity contribution < 1.29 is 14.7 Å². The molecule has 0 aliphatic rings. The van der Waals surface area contributed by atoms with Gasteiger partial charge in [-0.1, -0.05) is 5.16 Å². The highest BCUT2D eigenvalue weighted by Crippen LogP contribution is 1.96. The smallest absolute Gasteiger partial charge is 0.331 e. The van der Waals surface area contributed by atoms with E-state index in [-0.39, 0.29) is 0 Å². The first-order valence-electron chi connectivity index (χ1n) is 3.65. The Morgan fingerprint density at radius 2 is 2.17 bits per heavy atom. The third-order valence-corrected chi connectivity index (χ3v) is 1.34. The van der Waals surface area contributed by atoms with Crippen LogP contribution in [0.25, 0.3) is 0 Å². The second kappa shape index (κ2) is 5.35. The molecular weight excluding hydrogens is 158 g/mol. The summed E-state index contributed by atoms with van der Waals surface area (Å²) in [5.74, 6) is -0.419. The van der Waals surface area contributed by atoms with Gasteiger partial charge in [0.1, 0.15) is 0 Å². The van der Waals surface area contributed by atoms with E-state index in [0.717, 1.165) is 0 Å². The van der Waals surface area contributed by atoms with Crippen LogP contribution in [0.3, 0.4) is 0 Å². The number of carbonyl (C=O) groups is 1. The summed E-state index contributed by atoms with van der Waals surface area (Å²) >= 11 is 0. The van der Waals surface area contributed by atoms with Crippen LogP contribution in [0.5, 0.6) is 0 Å². The lowest BCUT2D eigenvalue weighted by atomic mass is 10.2. The minimum Gasteiger partial charge on any atom is -0.463 e. The van der Waals surface area contributed by atoms with Crippen molar-refractivity contribution in [2.45, 2.75) is 20.8 Å². The monoisotopic (exact) mass is 171 g/mol. The Morgan fingerprint density at radius 1 is 1.58 bits per heavy atom. The largest absolute Gasteiger partial charge is 0.463 e. The standard InChI is InChI=1S/C8H13NO3/c1-4-12-8(10)5-6(2)7(3)9-11/h5,11H,4H2,1-3H3/b6-5+,9-7+. The molecule has 0 bridgehead atoms. The molecule has 1 N–H and O–H groups in total. The van der Waals surface area contributed by atoms with E-state index in [1.54, 1.807) is 20.8 Å². The van der Waals surface area contributed by atoms with Gasteiger partial charge in [0.25, 0.3) is 0 Å². The van der Waals surface area contributed by atoms with Gasteiger partial charge >= 0.3 is 5.97 Å². The summed E-state index contributed by atoms with van der Waals surface area (Å²) in [5.41, 5.74) is 0.999. The Labute approximate surface area is 71.5 Å². The van der Waals surface area contributed by atoms with E-state index in [1.807, 2.05) is 0 Å². The maximum atomic E-state index is 10.8. The third-order valence-electron chi connectivity index (χ3n) is 1.34. The number of rotatable bonds is 3. The van der Waals surface area contributed by atoms with E-state index in [2.05, 4.69) is 9.89 Å². The van der Waals surface area contributed by atoms with Gasteiger partial charge in [-0.05, 0) is 26.3 Å². The maximum absolute atomic E-state index is 10.8. The first kappa shape index (κ1) is 10.7. The molecule has 0 rings (SSSR count). The molecular formula is C8H13NO3. The average Bonchev–Trinajstić information content (AvgIpc) is 2.03. The zero-order chi connectivity index (χ0) is 9.56. The van der Waals surface area contributed by atoms with Crippen molar-refractivity contribution in [2.75, 3.05) is 6.61 Å². The molecule has 68 valence electrons. The molecule has 0 amide bonds. The van der Waals surface area contributed by atoms with Crippen LogP contribution in [-0.4, -0.2) is 23.5 Å². The van der Waals surface area contributed by atoms with Gasteiger partial charge in [0.05, 0.1) is 12.3 Å². The molecule has 12 heavy (non-hydrogen) atoms. The van der Waals surface area contributed by atoms with Crippen LogP contribution in [0.1, 0.15) is 20.8 Å². The van der Waals surface area contributed by atoms with Gasteiger partial charge in [-0.2, -0.15) is 0 Å². The van der Waals surface area contributed by atoms with Crippen molar-refractivity contribution in [3.05, 3.63) is 11.6 Å². The Kier molecular flexibility index (Phi) is 4.76. The van der Waals surface area contributed by atoms with Crippen LogP contribution in [-0.2, 0) is 9.53 Å². The fraction of sp³-hybridized carbons (Fsp3) is 0.500. The summed E-state index contributed by atoms with van der Waals surface area (Å²) in [5, 5.41) is 11.3. The van der Waals surface area contributed by atoms with Crippen LogP contribution >= 0.6 is 0 Å². The van der Waals surface area contributed by atoms with Crippen molar-refractivity contribution >= 4 is 11.7 Å². The first-order valence-corrected chi connectivity index (χ1v) is 3.65. The second-order valence-electron chi connectivity index (χ2n) is 2.26. The highest BCUT2D eigenvalue weighted by atomic mass is 16.5. The molecule has 4 nitrogen and oxygen atoms in total. The molecule has 0 aliphatic carbocycles. The van der Waals surface area contributed by atoms with Crippen LogP contribution in [0.4, 0.5) is 0 Å². The fourth-order valence-corrected chi connectivity index (χ4v) is 0.544. The van der Waals surface area contributed by atoms with E-state index in [0.29, 0.717) is 17.9 Å². The van der Waals surface area contributed by atoms with E-state index in [9.17, 15) is 4.79 Å². The number of hydrogen-bond acceptors (Lipinski definition) is 4. The number of nitrogens with zero attached hydrogens (tertiary/aromatic N) is 1. The third kappa shape index (κ3) is 3.75. The van der Waals surface area contributed by atoms with E-state index in [4.69, 9.17) is 5.21 Å². The SMILES string of the molecule is CCOC(=O)/C=C(C)/C(C)=N/O. The molecule has 0 saturated carbocycles. The topological polar surface area (TPSA) is 58.9 Å². The summed E-state index contributed by atoms with van der Waals surface area (Å²) in [4.78, 5) is 10.8. The molecule has 0 aliphatic heterocycles. The Morgan fingerprint density at radius 3 is 2.58 bits per heavy atom. The molecule has 0 radical (unpaired) electrons. The summed E-state index contributed by atoms with van der Waals surface area (Å²) in [6, 6.07) is 0. The van der Waals surface area contributed by atoms with Crippen molar-refractivity contribution in [3.8, 4) is 0 Å². The van der Waals surface area contributed by atoms with E-state index >= 15 is 0 Å². The predicted molar refractivity (Wildman–Crippen MR) is 45.3 cm³/mol. The van der Waals surface area contributed by atoms with Crippen molar-refractivity contribution in [1.82, 2.24) is 0 Å². The van der Waals surface area contributed by atoms with Gasteiger partial charge < -0.3 is 9.94 Å². The zero-order valence-corrected chi connectivity index (χ0v) is 7.50. The molecule has 0 saturated heterocycles.